The molecule has 0 aliphatic rings. The van der Waals surface area contributed by atoms with Crippen LogP contribution in [0.3, 0.4) is 0 Å². The first kappa shape index (κ1) is 15.5. The number of hydrogen-bond acceptors (Lipinski definition) is 3. The smallest absolute Gasteiger partial charge is 0.263 e. The first-order valence-corrected chi connectivity index (χ1v) is 6.84. The van der Waals surface area contributed by atoms with Crippen molar-refractivity contribution >= 4 is 34.2 Å². The third kappa shape index (κ3) is 5.75. The second-order valence-corrected chi connectivity index (χ2v) is 6.27. The van der Waals surface area contributed by atoms with Crippen LogP contribution in [-0.2, 0) is 4.79 Å². The second-order valence-electron chi connectivity index (χ2n) is 5.03. The topological polar surface area (TPSA) is 64.9 Å². The summed E-state index contributed by atoms with van der Waals surface area (Å²) in [6.07, 6.45) is 1.42. The number of nitrogens with zero attached hydrogens (tertiary/aromatic N) is 1. The van der Waals surface area contributed by atoms with Gasteiger partial charge in [0.15, 0.2) is 0 Å². The van der Waals surface area contributed by atoms with Gasteiger partial charge in [0.1, 0.15) is 11.6 Å². The highest BCUT2D eigenvalue weighted by Crippen LogP contribution is 2.11. The molecule has 0 heterocycles. The fraction of sp³-hybridized carbons (Fsp3) is 0.286. The van der Waals surface area contributed by atoms with Gasteiger partial charge in [0.2, 0.25) is 0 Å². The first-order valence-electron chi connectivity index (χ1n) is 5.77. The van der Waals surface area contributed by atoms with Gasteiger partial charge in [-0.05, 0) is 67.6 Å². The first-order chi connectivity index (χ1) is 8.81. The molecule has 100 valence electrons. The van der Waals surface area contributed by atoms with Crippen LogP contribution >= 0.6 is 22.6 Å². The van der Waals surface area contributed by atoms with Gasteiger partial charge in [-0.15, -0.1) is 0 Å². The van der Waals surface area contributed by atoms with Gasteiger partial charge in [0.05, 0.1) is 0 Å². The van der Waals surface area contributed by atoms with E-state index < -0.39 is 0 Å². The highest BCUT2D eigenvalue weighted by atomic mass is 127. The van der Waals surface area contributed by atoms with Gasteiger partial charge in [-0.3, -0.25) is 4.79 Å². The van der Waals surface area contributed by atoms with E-state index in [9.17, 15) is 4.79 Å². The summed E-state index contributed by atoms with van der Waals surface area (Å²) in [6.45, 7) is 5.60. The maximum absolute atomic E-state index is 11.8. The molecule has 0 saturated carbocycles. The Balaban J connectivity index is 2.75. The van der Waals surface area contributed by atoms with Gasteiger partial charge < -0.3 is 10.6 Å². The molecule has 0 spiro atoms. The maximum Gasteiger partial charge on any atom is 0.263 e. The lowest BCUT2D eigenvalue weighted by Gasteiger charge is -2.20. The highest BCUT2D eigenvalue weighted by Gasteiger charge is 2.16. The molecule has 19 heavy (non-hydrogen) atoms. The molecule has 0 unspecified atom stereocenters. The third-order valence-corrected chi connectivity index (χ3v) is 2.80. The number of nitriles is 1. The minimum absolute atomic E-state index is 0.0495. The number of halogens is 1. The molecule has 0 radical (unpaired) electrons. The summed E-state index contributed by atoms with van der Waals surface area (Å²) in [5, 5.41) is 14.7. The van der Waals surface area contributed by atoms with Crippen LogP contribution in [0.4, 0.5) is 5.69 Å². The number of nitrogens with one attached hydrogen (secondary N) is 2. The summed E-state index contributed by atoms with van der Waals surface area (Å²) >= 11 is 2.21. The predicted molar refractivity (Wildman–Crippen MR) is 84.4 cm³/mol. The molecule has 0 aliphatic heterocycles. The average Bonchev–Trinajstić information content (AvgIpc) is 2.30. The SMILES string of the molecule is CC(C)(C)NC(=O)/C(C#N)=C\Nc1ccc(I)cc1. The van der Waals surface area contributed by atoms with Crippen LogP contribution in [-0.4, -0.2) is 11.4 Å². The molecular weight excluding hydrogens is 353 g/mol. The van der Waals surface area contributed by atoms with Crippen LogP contribution in [0.2, 0.25) is 0 Å². The summed E-state index contributed by atoms with van der Waals surface area (Å²) in [5.74, 6) is -0.381. The standard InChI is InChI=1S/C14H16IN3O/c1-14(2,3)18-13(19)10(8-16)9-17-12-6-4-11(15)5-7-12/h4-7,9,17H,1-3H3,(H,18,19)/b10-9-. The Hall–Kier alpha value is -1.55. The summed E-state index contributed by atoms with van der Waals surface area (Å²) < 4.78 is 1.12. The highest BCUT2D eigenvalue weighted by molar-refractivity contribution is 14.1. The largest absolute Gasteiger partial charge is 0.360 e. The molecule has 1 amide bonds. The van der Waals surface area contributed by atoms with Crippen LogP contribution in [0.5, 0.6) is 0 Å². The number of benzene rings is 1. The molecule has 0 bridgehead atoms. The van der Waals surface area contributed by atoms with E-state index in [0.29, 0.717) is 0 Å². The van der Waals surface area contributed by atoms with Crippen molar-refractivity contribution in [2.45, 2.75) is 26.3 Å². The Morgan fingerprint density at radius 3 is 2.37 bits per heavy atom. The van der Waals surface area contributed by atoms with Gasteiger partial charge in [-0.2, -0.15) is 5.26 Å². The average molecular weight is 369 g/mol. The van der Waals surface area contributed by atoms with E-state index in [-0.39, 0.29) is 17.0 Å². The van der Waals surface area contributed by atoms with Gasteiger partial charge in [0.25, 0.3) is 5.91 Å². The minimum Gasteiger partial charge on any atom is -0.360 e. The van der Waals surface area contributed by atoms with Crippen LogP contribution in [0, 0.1) is 14.9 Å². The Bertz CT molecular complexity index is 521. The third-order valence-electron chi connectivity index (χ3n) is 2.08. The zero-order chi connectivity index (χ0) is 14.5. The lowest BCUT2D eigenvalue weighted by Crippen LogP contribution is -2.41. The van der Waals surface area contributed by atoms with Crippen LogP contribution in [0.25, 0.3) is 0 Å². The van der Waals surface area contributed by atoms with E-state index in [1.165, 1.54) is 6.20 Å². The molecule has 0 aromatic heterocycles. The van der Waals surface area contributed by atoms with E-state index >= 15 is 0 Å². The fourth-order valence-corrected chi connectivity index (χ4v) is 1.62. The minimum atomic E-state index is -0.381. The van der Waals surface area contributed by atoms with E-state index in [1.54, 1.807) is 0 Å². The second kappa shape index (κ2) is 6.57. The quantitative estimate of drug-likeness (QED) is 0.489. The molecule has 0 saturated heterocycles. The molecule has 5 heteroatoms. The fourth-order valence-electron chi connectivity index (χ4n) is 1.26. The van der Waals surface area contributed by atoms with Crippen molar-refractivity contribution in [3.05, 3.63) is 39.6 Å². The van der Waals surface area contributed by atoms with Crippen molar-refractivity contribution in [2.24, 2.45) is 0 Å². The molecular formula is C14H16IN3O. The molecule has 1 rings (SSSR count). The zero-order valence-corrected chi connectivity index (χ0v) is 13.3. The van der Waals surface area contributed by atoms with Crippen molar-refractivity contribution in [1.29, 1.82) is 5.26 Å². The van der Waals surface area contributed by atoms with E-state index in [1.807, 2.05) is 51.1 Å². The molecule has 2 N–H and O–H groups in total. The molecule has 0 atom stereocenters. The van der Waals surface area contributed by atoms with E-state index in [0.717, 1.165) is 9.26 Å². The van der Waals surface area contributed by atoms with Gasteiger partial charge in [-0.1, -0.05) is 0 Å². The van der Waals surface area contributed by atoms with Crippen LogP contribution in [0.15, 0.2) is 36.0 Å². The molecule has 0 fully saturated rings. The van der Waals surface area contributed by atoms with Crippen LogP contribution in [0.1, 0.15) is 20.8 Å². The molecule has 0 aliphatic carbocycles. The number of hydrogen-bond donors (Lipinski definition) is 2. The molecule has 1 aromatic carbocycles. The van der Waals surface area contributed by atoms with Crippen molar-refractivity contribution in [3.63, 3.8) is 0 Å². The number of carbonyl (C=O) groups excluding carboxylic acids is 1. The molecule has 1 aromatic rings. The number of rotatable bonds is 3. The maximum atomic E-state index is 11.8. The Morgan fingerprint density at radius 2 is 1.89 bits per heavy atom. The lowest BCUT2D eigenvalue weighted by molar-refractivity contribution is -0.118. The lowest BCUT2D eigenvalue weighted by atomic mass is 10.1. The van der Waals surface area contributed by atoms with Crippen molar-refractivity contribution in [1.82, 2.24) is 5.32 Å². The van der Waals surface area contributed by atoms with E-state index in [2.05, 4.69) is 33.2 Å². The Morgan fingerprint density at radius 1 is 1.32 bits per heavy atom. The number of carbonyl (C=O) groups is 1. The summed E-state index contributed by atoms with van der Waals surface area (Å²) in [5.41, 5.74) is 0.515. The Labute approximate surface area is 127 Å². The van der Waals surface area contributed by atoms with Crippen molar-refractivity contribution < 1.29 is 4.79 Å². The van der Waals surface area contributed by atoms with E-state index in [4.69, 9.17) is 5.26 Å². The normalized spacial score (nSPS) is 11.6. The summed E-state index contributed by atoms with van der Waals surface area (Å²) in [7, 11) is 0. The predicted octanol–water partition coefficient (Wildman–Crippen LogP) is 3.03. The number of amides is 1. The van der Waals surface area contributed by atoms with Crippen molar-refractivity contribution in [3.8, 4) is 6.07 Å². The number of anilines is 1. The molecule has 4 nitrogen and oxygen atoms in total. The summed E-state index contributed by atoms with van der Waals surface area (Å²) in [6, 6.07) is 9.54. The van der Waals surface area contributed by atoms with Gasteiger partial charge in [-0.25, -0.2) is 0 Å². The van der Waals surface area contributed by atoms with Gasteiger partial charge >= 0.3 is 0 Å². The van der Waals surface area contributed by atoms with Gasteiger partial charge in [0, 0.05) is 21.0 Å². The zero-order valence-electron chi connectivity index (χ0n) is 11.1. The monoisotopic (exact) mass is 369 g/mol. The van der Waals surface area contributed by atoms with Crippen molar-refractivity contribution in [2.75, 3.05) is 5.32 Å². The van der Waals surface area contributed by atoms with Crippen LogP contribution < -0.4 is 10.6 Å². The Kier molecular flexibility index (Phi) is 5.36. The summed E-state index contributed by atoms with van der Waals surface area (Å²) in [4.78, 5) is 11.8.